The number of H-pyrrole nitrogens is 1. The number of ether oxygens (including phenoxy) is 3. The van der Waals surface area contributed by atoms with Crippen LogP contribution in [0.5, 0.6) is 17.2 Å². The van der Waals surface area contributed by atoms with Gasteiger partial charge in [-0.05, 0) is 48.0 Å². The van der Waals surface area contributed by atoms with Crippen molar-refractivity contribution in [3.8, 4) is 17.2 Å². The van der Waals surface area contributed by atoms with Crippen LogP contribution in [0.2, 0.25) is 0 Å². The number of pyridine rings is 1. The van der Waals surface area contributed by atoms with Crippen LogP contribution in [0.4, 0.5) is 0 Å². The van der Waals surface area contributed by atoms with E-state index in [9.17, 15) is 14.4 Å². The first-order valence-electron chi connectivity index (χ1n) is 11.1. The third kappa shape index (κ3) is 3.49. The Labute approximate surface area is 199 Å². The molecular formula is C28H19NO6. The Morgan fingerprint density at radius 1 is 0.971 bits per heavy atom. The van der Waals surface area contributed by atoms with E-state index in [1.807, 2.05) is 36.4 Å². The van der Waals surface area contributed by atoms with Gasteiger partial charge in [-0.3, -0.25) is 14.4 Å². The minimum atomic E-state index is -0.649. The molecule has 0 amide bonds. The minimum Gasteiger partial charge on any atom is -0.497 e. The van der Waals surface area contributed by atoms with E-state index >= 15 is 0 Å². The van der Waals surface area contributed by atoms with Gasteiger partial charge in [-0.25, -0.2) is 0 Å². The number of ketones is 1. The molecule has 6 rings (SSSR count). The molecule has 0 spiro atoms. The molecule has 0 aliphatic carbocycles. The number of hydrogen-bond donors (Lipinski definition) is 1. The first kappa shape index (κ1) is 20.9. The lowest BCUT2D eigenvalue weighted by Crippen LogP contribution is -2.26. The molecule has 4 aromatic rings. The van der Waals surface area contributed by atoms with Crippen molar-refractivity contribution in [3.63, 3.8) is 0 Å². The number of carbonyl (C=O) groups is 2. The van der Waals surface area contributed by atoms with E-state index in [-0.39, 0.29) is 29.3 Å². The van der Waals surface area contributed by atoms with E-state index in [4.69, 9.17) is 14.2 Å². The van der Waals surface area contributed by atoms with Crippen molar-refractivity contribution in [2.45, 2.75) is 12.3 Å². The Bertz CT molecular complexity index is 1620. The molecule has 0 saturated carbocycles. The van der Waals surface area contributed by atoms with Gasteiger partial charge in [-0.1, -0.05) is 30.3 Å². The summed E-state index contributed by atoms with van der Waals surface area (Å²) in [7, 11) is 1.57. The Balaban J connectivity index is 1.51. The lowest BCUT2D eigenvalue weighted by molar-refractivity contribution is -0.135. The van der Waals surface area contributed by atoms with Crippen LogP contribution in [-0.2, 0) is 4.79 Å². The third-order valence-electron chi connectivity index (χ3n) is 6.33. The van der Waals surface area contributed by atoms with E-state index in [0.717, 1.165) is 10.9 Å². The predicted octanol–water partition coefficient (Wildman–Crippen LogP) is 4.59. The Morgan fingerprint density at radius 3 is 2.60 bits per heavy atom. The molecule has 1 N–H and O–H groups in total. The number of esters is 1. The van der Waals surface area contributed by atoms with Crippen molar-refractivity contribution in [3.05, 3.63) is 105 Å². The zero-order chi connectivity index (χ0) is 24.1. The fourth-order valence-corrected chi connectivity index (χ4v) is 4.66. The van der Waals surface area contributed by atoms with Gasteiger partial charge in [0.1, 0.15) is 17.2 Å². The number of fused-ring (bicyclic) bond motifs is 4. The lowest BCUT2D eigenvalue weighted by atomic mass is 9.85. The highest BCUT2D eigenvalue weighted by atomic mass is 16.5. The first-order chi connectivity index (χ1) is 17.0. The fraction of sp³-hybridized carbons (Fsp3) is 0.107. The molecule has 172 valence electrons. The molecule has 2 aliphatic heterocycles. The molecule has 3 aromatic carbocycles. The van der Waals surface area contributed by atoms with Crippen molar-refractivity contribution in [2.24, 2.45) is 0 Å². The van der Waals surface area contributed by atoms with Crippen LogP contribution in [0, 0.1) is 0 Å². The highest BCUT2D eigenvalue weighted by molar-refractivity contribution is 6.15. The number of aromatic amines is 1. The van der Waals surface area contributed by atoms with E-state index in [2.05, 4.69) is 4.98 Å². The second-order valence-corrected chi connectivity index (χ2v) is 8.44. The summed E-state index contributed by atoms with van der Waals surface area (Å²) in [5.41, 5.74) is 2.41. The van der Waals surface area contributed by atoms with Crippen LogP contribution in [-0.4, -0.2) is 23.8 Å². The third-order valence-corrected chi connectivity index (χ3v) is 6.33. The van der Waals surface area contributed by atoms with Gasteiger partial charge in [0, 0.05) is 27.9 Å². The molecule has 1 aromatic heterocycles. The molecule has 7 nitrogen and oxygen atoms in total. The summed E-state index contributed by atoms with van der Waals surface area (Å²) in [4.78, 5) is 41.6. The molecule has 2 aliphatic rings. The molecule has 0 unspecified atom stereocenters. The Morgan fingerprint density at radius 2 is 1.80 bits per heavy atom. The number of hydrogen-bond acceptors (Lipinski definition) is 6. The van der Waals surface area contributed by atoms with Crippen LogP contribution in [0.3, 0.4) is 0 Å². The average Bonchev–Trinajstić information content (AvgIpc) is 3.18. The number of aromatic nitrogens is 1. The summed E-state index contributed by atoms with van der Waals surface area (Å²) in [6.07, 6.45) is 1.62. The number of nitrogens with one attached hydrogen (secondary N) is 1. The SMILES string of the molecule is COc1ccc2[nH]c(=O)c([C@@H]3CC(=O)Oc4ccc5c(c43)O/C(=C/c3ccccc3)C5=O)cc2c1. The minimum absolute atomic E-state index is 0.0582. The fourth-order valence-electron chi connectivity index (χ4n) is 4.66. The van der Waals surface area contributed by atoms with Crippen molar-refractivity contribution in [1.29, 1.82) is 0 Å². The van der Waals surface area contributed by atoms with Gasteiger partial charge in [0.05, 0.1) is 19.1 Å². The summed E-state index contributed by atoms with van der Waals surface area (Å²) in [5.74, 6) is 0.0407. The summed E-state index contributed by atoms with van der Waals surface area (Å²) >= 11 is 0. The molecule has 0 fully saturated rings. The number of Topliss-reactive ketones (excluding diaryl/α,β-unsaturated/α-hetero) is 1. The van der Waals surface area contributed by atoms with Gasteiger partial charge in [0.2, 0.25) is 5.78 Å². The maximum Gasteiger partial charge on any atom is 0.312 e. The van der Waals surface area contributed by atoms with Gasteiger partial charge in [0.25, 0.3) is 5.56 Å². The van der Waals surface area contributed by atoms with Crippen molar-refractivity contribution in [1.82, 2.24) is 4.98 Å². The lowest BCUT2D eigenvalue weighted by Gasteiger charge is -2.26. The molecular weight excluding hydrogens is 446 g/mol. The van der Waals surface area contributed by atoms with Crippen LogP contribution in [0.25, 0.3) is 17.0 Å². The zero-order valence-corrected chi connectivity index (χ0v) is 18.7. The second kappa shape index (κ2) is 7.99. The van der Waals surface area contributed by atoms with Gasteiger partial charge in [-0.2, -0.15) is 0 Å². The molecule has 1 atom stereocenters. The van der Waals surface area contributed by atoms with Gasteiger partial charge >= 0.3 is 5.97 Å². The normalized spacial score (nSPS) is 17.6. The monoisotopic (exact) mass is 465 g/mol. The maximum absolute atomic E-state index is 13.1. The van der Waals surface area contributed by atoms with Crippen LogP contribution in [0.1, 0.15) is 39.4 Å². The van der Waals surface area contributed by atoms with Crippen molar-refractivity contribution in [2.75, 3.05) is 7.11 Å². The molecule has 35 heavy (non-hydrogen) atoms. The zero-order valence-electron chi connectivity index (χ0n) is 18.7. The van der Waals surface area contributed by atoms with Crippen molar-refractivity contribution >= 4 is 28.7 Å². The van der Waals surface area contributed by atoms with Crippen LogP contribution in [0.15, 0.2) is 77.3 Å². The molecule has 0 bridgehead atoms. The highest BCUT2D eigenvalue weighted by Gasteiger charge is 2.39. The maximum atomic E-state index is 13.1. The molecule has 7 heteroatoms. The Hall–Kier alpha value is -4.65. The van der Waals surface area contributed by atoms with Crippen molar-refractivity contribution < 1.29 is 23.8 Å². The largest absolute Gasteiger partial charge is 0.497 e. The standard InChI is InChI=1S/C28H19NO6/c1-33-17-7-9-21-16(12-17)13-20(28(32)29-21)19-14-24(30)34-22-10-8-18-26(31)23(35-27(18)25(19)22)11-15-5-3-2-4-6-15/h2-13,19H,14H2,1H3,(H,29,32)/b23-11+/t19-/m0/s1. The van der Waals surface area contributed by atoms with Gasteiger partial charge in [-0.15, -0.1) is 0 Å². The van der Waals surface area contributed by atoms with Crippen LogP contribution < -0.4 is 19.8 Å². The number of methoxy groups -OCH3 is 1. The predicted molar refractivity (Wildman–Crippen MR) is 129 cm³/mol. The summed E-state index contributed by atoms with van der Waals surface area (Å²) in [6, 6.07) is 19.6. The second-order valence-electron chi connectivity index (χ2n) is 8.44. The molecule has 0 saturated heterocycles. The number of allylic oxidation sites excluding steroid dienone is 1. The summed E-state index contributed by atoms with van der Waals surface area (Å²) < 4.78 is 16.9. The number of benzene rings is 3. The van der Waals surface area contributed by atoms with E-state index in [1.54, 1.807) is 43.5 Å². The van der Waals surface area contributed by atoms with Crippen LogP contribution >= 0.6 is 0 Å². The molecule has 0 radical (unpaired) electrons. The van der Waals surface area contributed by atoms with Gasteiger partial charge < -0.3 is 19.2 Å². The van der Waals surface area contributed by atoms with E-state index in [1.165, 1.54) is 0 Å². The topological polar surface area (TPSA) is 94.7 Å². The molecule has 3 heterocycles. The highest BCUT2D eigenvalue weighted by Crippen LogP contribution is 2.48. The average molecular weight is 465 g/mol. The van der Waals surface area contributed by atoms with Gasteiger partial charge in [0.15, 0.2) is 5.76 Å². The summed E-state index contributed by atoms with van der Waals surface area (Å²) in [6.45, 7) is 0. The summed E-state index contributed by atoms with van der Waals surface area (Å²) in [5, 5.41) is 0.758. The first-order valence-corrected chi connectivity index (χ1v) is 11.1. The number of carbonyl (C=O) groups excluding carboxylic acids is 2. The smallest absolute Gasteiger partial charge is 0.312 e. The quantitative estimate of drug-likeness (QED) is 0.270. The number of rotatable bonds is 3. The van der Waals surface area contributed by atoms with E-state index in [0.29, 0.717) is 33.7 Å². The Kier molecular flexibility index (Phi) is 4.77. The van der Waals surface area contributed by atoms with E-state index < -0.39 is 11.9 Å².